The Labute approximate surface area is 97.6 Å². The first kappa shape index (κ1) is 11.9. The Hall–Kier alpha value is -0.620. The maximum atomic E-state index is 13.4. The lowest BCUT2D eigenvalue weighted by Crippen LogP contribution is -2.28. The number of benzene rings is 1. The van der Waals surface area contributed by atoms with Crippen LogP contribution in [0.3, 0.4) is 0 Å². The zero-order chi connectivity index (χ0) is 11.4. The Kier molecular flexibility index (Phi) is 4.17. The molecule has 1 aliphatic heterocycles. The van der Waals surface area contributed by atoms with Crippen LogP contribution in [0.2, 0.25) is 0 Å². The highest BCUT2D eigenvalue weighted by atomic mass is 32.2. The second kappa shape index (κ2) is 5.63. The standard InChI is InChI=1S/C11H13FO3S/c12-8-3-1-2-4-10(8)16-11-6-15-7-14-5-9(11)13/h1-4,9,11,13H,5-7H2/t9-,11-/m1/s1. The Morgan fingerprint density at radius 3 is 2.81 bits per heavy atom. The van der Waals surface area contributed by atoms with E-state index in [0.717, 1.165) is 0 Å². The summed E-state index contributed by atoms with van der Waals surface area (Å²) in [7, 11) is 0. The SMILES string of the molecule is O[C@@H]1COCOC[C@H]1Sc1ccccc1F. The number of aliphatic hydroxyl groups excluding tert-OH is 1. The zero-order valence-corrected chi connectivity index (χ0v) is 9.45. The van der Waals surface area contributed by atoms with Gasteiger partial charge in [-0.2, -0.15) is 0 Å². The number of rotatable bonds is 2. The summed E-state index contributed by atoms with van der Waals surface area (Å²) < 4.78 is 23.6. The molecule has 1 aromatic carbocycles. The van der Waals surface area contributed by atoms with Gasteiger partial charge >= 0.3 is 0 Å². The van der Waals surface area contributed by atoms with Crippen LogP contribution >= 0.6 is 11.8 Å². The molecular weight excluding hydrogens is 231 g/mol. The molecule has 1 N–H and O–H groups in total. The Bertz CT molecular complexity index is 348. The van der Waals surface area contributed by atoms with E-state index in [0.29, 0.717) is 11.5 Å². The molecule has 1 aliphatic rings. The highest BCUT2D eigenvalue weighted by Gasteiger charge is 2.24. The van der Waals surface area contributed by atoms with Gasteiger partial charge in [0, 0.05) is 4.90 Å². The van der Waals surface area contributed by atoms with E-state index in [9.17, 15) is 9.50 Å². The first-order valence-electron chi connectivity index (χ1n) is 5.02. The first-order chi connectivity index (χ1) is 7.77. The van der Waals surface area contributed by atoms with Crippen LogP contribution in [0.1, 0.15) is 0 Å². The molecule has 0 amide bonds. The Morgan fingerprint density at radius 1 is 1.25 bits per heavy atom. The first-order valence-corrected chi connectivity index (χ1v) is 5.90. The molecule has 1 fully saturated rings. The van der Waals surface area contributed by atoms with Gasteiger partial charge in [0.25, 0.3) is 0 Å². The maximum absolute atomic E-state index is 13.4. The summed E-state index contributed by atoms with van der Waals surface area (Å²) in [6.45, 7) is 0.775. The molecule has 0 saturated carbocycles. The molecule has 3 nitrogen and oxygen atoms in total. The van der Waals surface area contributed by atoms with Crippen molar-refractivity contribution in [3.8, 4) is 0 Å². The van der Waals surface area contributed by atoms with Crippen molar-refractivity contribution in [3.63, 3.8) is 0 Å². The lowest BCUT2D eigenvalue weighted by Gasteiger charge is -2.18. The zero-order valence-electron chi connectivity index (χ0n) is 8.64. The van der Waals surface area contributed by atoms with Crippen molar-refractivity contribution in [2.45, 2.75) is 16.2 Å². The molecule has 88 valence electrons. The summed E-state index contributed by atoms with van der Waals surface area (Å²) >= 11 is 1.28. The van der Waals surface area contributed by atoms with Crippen LogP contribution in [0.4, 0.5) is 4.39 Å². The van der Waals surface area contributed by atoms with Crippen LogP contribution in [0.25, 0.3) is 0 Å². The molecule has 0 aromatic heterocycles. The van der Waals surface area contributed by atoms with Crippen molar-refractivity contribution >= 4 is 11.8 Å². The summed E-state index contributed by atoms with van der Waals surface area (Å²) in [6.07, 6.45) is -0.632. The van der Waals surface area contributed by atoms with Gasteiger partial charge in [-0.25, -0.2) is 4.39 Å². The average Bonchev–Trinajstić information content (AvgIpc) is 2.48. The third-order valence-electron chi connectivity index (χ3n) is 2.28. The second-order valence-electron chi connectivity index (χ2n) is 3.51. The van der Waals surface area contributed by atoms with Crippen LogP contribution < -0.4 is 0 Å². The monoisotopic (exact) mass is 244 g/mol. The van der Waals surface area contributed by atoms with Crippen LogP contribution in [0, 0.1) is 5.82 Å². The van der Waals surface area contributed by atoms with Crippen LogP contribution in [-0.4, -0.2) is 36.5 Å². The van der Waals surface area contributed by atoms with Gasteiger partial charge in [0.1, 0.15) is 12.6 Å². The van der Waals surface area contributed by atoms with Crippen molar-refractivity contribution in [1.29, 1.82) is 0 Å². The highest BCUT2D eigenvalue weighted by Crippen LogP contribution is 2.28. The lowest BCUT2D eigenvalue weighted by molar-refractivity contribution is -0.0420. The van der Waals surface area contributed by atoms with Crippen LogP contribution in [-0.2, 0) is 9.47 Å². The predicted octanol–water partition coefficient (Wildman–Crippen LogP) is 1.65. The fourth-order valence-electron chi connectivity index (χ4n) is 1.43. The van der Waals surface area contributed by atoms with Crippen molar-refractivity contribution < 1.29 is 19.0 Å². The number of hydrogen-bond acceptors (Lipinski definition) is 4. The quantitative estimate of drug-likeness (QED) is 0.858. The van der Waals surface area contributed by atoms with Gasteiger partial charge in [-0.05, 0) is 12.1 Å². The number of hydrogen-bond donors (Lipinski definition) is 1. The normalized spacial score (nSPS) is 26.4. The summed E-state index contributed by atoms with van der Waals surface area (Å²) in [6, 6.07) is 6.51. The maximum Gasteiger partial charge on any atom is 0.146 e. The highest BCUT2D eigenvalue weighted by molar-refractivity contribution is 8.00. The largest absolute Gasteiger partial charge is 0.389 e. The van der Waals surface area contributed by atoms with E-state index in [4.69, 9.17) is 9.47 Å². The molecule has 0 bridgehead atoms. The van der Waals surface area contributed by atoms with E-state index in [1.165, 1.54) is 17.8 Å². The molecule has 0 unspecified atom stereocenters. The summed E-state index contributed by atoms with van der Waals surface area (Å²) in [4.78, 5) is 0.525. The van der Waals surface area contributed by atoms with Crippen molar-refractivity contribution in [2.24, 2.45) is 0 Å². The molecule has 1 aromatic rings. The molecule has 2 rings (SSSR count). The average molecular weight is 244 g/mol. The molecular formula is C11H13FO3S. The topological polar surface area (TPSA) is 38.7 Å². The second-order valence-corrected chi connectivity index (χ2v) is 4.79. The number of ether oxygens (including phenoxy) is 2. The van der Waals surface area contributed by atoms with E-state index >= 15 is 0 Å². The van der Waals surface area contributed by atoms with Crippen molar-refractivity contribution in [3.05, 3.63) is 30.1 Å². The molecule has 0 spiro atoms. The van der Waals surface area contributed by atoms with E-state index in [2.05, 4.69) is 0 Å². The fraction of sp³-hybridized carbons (Fsp3) is 0.455. The summed E-state index contributed by atoms with van der Waals surface area (Å²) in [5, 5.41) is 9.56. The van der Waals surface area contributed by atoms with Gasteiger partial charge in [-0.15, -0.1) is 11.8 Å². The van der Waals surface area contributed by atoms with Gasteiger partial charge < -0.3 is 14.6 Å². The third kappa shape index (κ3) is 2.95. The Balaban J connectivity index is 2.05. The smallest absolute Gasteiger partial charge is 0.146 e. The molecule has 5 heteroatoms. The third-order valence-corrected chi connectivity index (χ3v) is 3.62. The number of thioether (sulfide) groups is 1. The van der Waals surface area contributed by atoms with Gasteiger partial charge in [0.2, 0.25) is 0 Å². The van der Waals surface area contributed by atoms with E-state index < -0.39 is 6.10 Å². The van der Waals surface area contributed by atoms with E-state index in [1.54, 1.807) is 18.2 Å². The van der Waals surface area contributed by atoms with Crippen molar-refractivity contribution in [2.75, 3.05) is 20.0 Å². The molecule has 1 heterocycles. The lowest BCUT2D eigenvalue weighted by atomic mass is 10.3. The van der Waals surface area contributed by atoms with E-state index in [1.807, 2.05) is 0 Å². The van der Waals surface area contributed by atoms with Gasteiger partial charge in [0.05, 0.1) is 24.6 Å². The Morgan fingerprint density at radius 2 is 2.00 bits per heavy atom. The summed E-state index contributed by atoms with van der Waals surface area (Å²) in [5.41, 5.74) is 0. The van der Waals surface area contributed by atoms with Crippen LogP contribution in [0.5, 0.6) is 0 Å². The van der Waals surface area contributed by atoms with E-state index in [-0.39, 0.29) is 24.5 Å². The van der Waals surface area contributed by atoms with Gasteiger partial charge in [-0.3, -0.25) is 0 Å². The molecule has 1 saturated heterocycles. The minimum absolute atomic E-state index is 0.186. The molecule has 0 radical (unpaired) electrons. The summed E-state index contributed by atoms with van der Waals surface area (Å²) in [5.74, 6) is -0.273. The minimum atomic E-state index is -0.632. The van der Waals surface area contributed by atoms with Crippen LogP contribution in [0.15, 0.2) is 29.2 Å². The molecule has 0 aliphatic carbocycles. The fourth-order valence-corrected chi connectivity index (χ4v) is 2.49. The number of halogens is 1. The predicted molar refractivity (Wildman–Crippen MR) is 58.8 cm³/mol. The van der Waals surface area contributed by atoms with Gasteiger partial charge in [0.15, 0.2) is 0 Å². The molecule has 2 atom stereocenters. The van der Waals surface area contributed by atoms with Gasteiger partial charge in [-0.1, -0.05) is 12.1 Å². The number of aliphatic hydroxyl groups is 1. The molecule has 16 heavy (non-hydrogen) atoms. The minimum Gasteiger partial charge on any atom is -0.389 e. The van der Waals surface area contributed by atoms with Crippen molar-refractivity contribution in [1.82, 2.24) is 0 Å².